The second-order valence-electron chi connectivity index (χ2n) is 4.23. The first-order valence-corrected chi connectivity index (χ1v) is 6.09. The van der Waals surface area contributed by atoms with Crippen LogP contribution in [0.5, 0.6) is 5.75 Å². The minimum Gasteiger partial charge on any atom is -0.508 e. The Morgan fingerprint density at radius 1 is 1.32 bits per heavy atom. The summed E-state index contributed by atoms with van der Waals surface area (Å²) in [7, 11) is 0. The molecule has 0 unspecified atom stereocenters. The summed E-state index contributed by atoms with van der Waals surface area (Å²) in [6.45, 7) is 4.56. The van der Waals surface area contributed by atoms with Gasteiger partial charge in [0.2, 0.25) is 0 Å². The summed E-state index contributed by atoms with van der Waals surface area (Å²) >= 11 is 0. The summed E-state index contributed by atoms with van der Waals surface area (Å²) < 4.78 is 0. The molecule has 4 nitrogen and oxygen atoms in total. The molecule has 1 heterocycles. The quantitative estimate of drug-likeness (QED) is 0.913. The first-order valence-electron chi connectivity index (χ1n) is 6.09. The van der Waals surface area contributed by atoms with Crippen molar-refractivity contribution in [2.45, 2.75) is 13.8 Å². The number of phenolic OH excluding ortho intramolecular Hbond substituents is 1. The van der Waals surface area contributed by atoms with E-state index in [2.05, 4.69) is 11.1 Å². The van der Waals surface area contributed by atoms with Crippen LogP contribution in [-0.4, -0.2) is 16.6 Å². The normalized spacial score (nSPS) is 9.95. The Kier molecular flexibility index (Phi) is 3.67. The van der Waals surface area contributed by atoms with Crippen LogP contribution in [-0.2, 0) is 0 Å². The molecule has 0 bridgehead atoms. The van der Waals surface area contributed by atoms with Crippen molar-refractivity contribution in [2.75, 3.05) is 11.4 Å². The molecule has 0 spiro atoms. The van der Waals surface area contributed by atoms with E-state index in [1.54, 1.807) is 30.3 Å². The zero-order chi connectivity index (χ0) is 13.8. The standard InChI is InChI=1S/C15H15N3O/c1-3-18(13-5-4-6-14(19)9-13)15-8-12(10-16)7-11(2)17-15/h4-9,19H,3H2,1-2H3. The lowest BCUT2D eigenvalue weighted by molar-refractivity contribution is 0.475. The number of nitriles is 1. The van der Waals surface area contributed by atoms with Crippen molar-refractivity contribution >= 4 is 11.5 Å². The third kappa shape index (κ3) is 2.83. The third-order valence-corrected chi connectivity index (χ3v) is 2.80. The minimum atomic E-state index is 0.212. The smallest absolute Gasteiger partial charge is 0.134 e. The van der Waals surface area contributed by atoms with Crippen LogP contribution in [0.4, 0.5) is 11.5 Å². The number of rotatable bonds is 3. The van der Waals surface area contributed by atoms with Crippen molar-refractivity contribution in [3.63, 3.8) is 0 Å². The highest BCUT2D eigenvalue weighted by atomic mass is 16.3. The van der Waals surface area contributed by atoms with Gasteiger partial charge in [-0.05, 0) is 38.1 Å². The number of anilines is 2. The van der Waals surface area contributed by atoms with Gasteiger partial charge in [-0.1, -0.05) is 6.07 Å². The van der Waals surface area contributed by atoms with Gasteiger partial charge in [0.05, 0.1) is 11.6 Å². The molecular formula is C15H15N3O. The highest BCUT2D eigenvalue weighted by molar-refractivity contribution is 5.62. The number of pyridine rings is 1. The Morgan fingerprint density at radius 3 is 2.74 bits per heavy atom. The number of hydrogen-bond acceptors (Lipinski definition) is 4. The third-order valence-electron chi connectivity index (χ3n) is 2.80. The molecule has 4 heteroatoms. The maximum absolute atomic E-state index is 9.56. The molecule has 0 fully saturated rings. The fraction of sp³-hybridized carbons (Fsp3) is 0.200. The highest BCUT2D eigenvalue weighted by Gasteiger charge is 2.10. The maximum atomic E-state index is 9.56. The van der Waals surface area contributed by atoms with Crippen molar-refractivity contribution < 1.29 is 5.11 Å². The van der Waals surface area contributed by atoms with Crippen LogP contribution in [0.3, 0.4) is 0 Å². The van der Waals surface area contributed by atoms with E-state index in [0.717, 1.165) is 11.4 Å². The average molecular weight is 253 g/mol. The fourth-order valence-electron chi connectivity index (χ4n) is 1.99. The maximum Gasteiger partial charge on any atom is 0.134 e. The van der Waals surface area contributed by atoms with Crippen LogP contribution in [0.1, 0.15) is 18.2 Å². The molecule has 19 heavy (non-hydrogen) atoms. The van der Waals surface area contributed by atoms with E-state index in [4.69, 9.17) is 5.26 Å². The van der Waals surface area contributed by atoms with E-state index >= 15 is 0 Å². The Labute approximate surface area is 112 Å². The average Bonchev–Trinajstić information content (AvgIpc) is 2.39. The lowest BCUT2D eigenvalue weighted by atomic mass is 10.2. The molecule has 0 saturated carbocycles. The first kappa shape index (κ1) is 12.9. The van der Waals surface area contributed by atoms with E-state index in [1.165, 1.54) is 0 Å². The largest absolute Gasteiger partial charge is 0.508 e. The van der Waals surface area contributed by atoms with E-state index in [0.29, 0.717) is 17.9 Å². The zero-order valence-corrected chi connectivity index (χ0v) is 11.0. The number of phenols is 1. The molecule has 1 aromatic heterocycles. The molecule has 0 amide bonds. The number of nitrogens with zero attached hydrogens (tertiary/aromatic N) is 3. The molecule has 2 aromatic rings. The molecule has 0 atom stereocenters. The second-order valence-corrected chi connectivity index (χ2v) is 4.23. The van der Waals surface area contributed by atoms with E-state index in [1.807, 2.05) is 24.8 Å². The molecule has 1 N–H and O–H groups in total. The summed E-state index contributed by atoms with van der Waals surface area (Å²) in [5, 5.41) is 18.6. The van der Waals surface area contributed by atoms with Crippen LogP contribution in [0, 0.1) is 18.3 Å². The van der Waals surface area contributed by atoms with Gasteiger partial charge in [0.15, 0.2) is 0 Å². The summed E-state index contributed by atoms with van der Waals surface area (Å²) in [5.74, 6) is 0.925. The zero-order valence-electron chi connectivity index (χ0n) is 11.0. The molecule has 0 radical (unpaired) electrons. The second kappa shape index (κ2) is 5.40. The summed E-state index contributed by atoms with van der Waals surface area (Å²) in [4.78, 5) is 6.40. The van der Waals surface area contributed by atoms with Crippen LogP contribution in [0.2, 0.25) is 0 Å². The lowest BCUT2D eigenvalue weighted by Crippen LogP contribution is -2.17. The number of aryl methyl sites for hydroxylation is 1. The number of benzene rings is 1. The van der Waals surface area contributed by atoms with Gasteiger partial charge in [-0.15, -0.1) is 0 Å². The van der Waals surface area contributed by atoms with Gasteiger partial charge in [-0.3, -0.25) is 0 Å². The van der Waals surface area contributed by atoms with Crippen molar-refractivity contribution in [1.29, 1.82) is 5.26 Å². The summed E-state index contributed by atoms with van der Waals surface area (Å²) in [5.41, 5.74) is 2.23. The fourth-order valence-corrected chi connectivity index (χ4v) is 1.99. The van der Waals surface area contributed by atoms with Gasteiger partial charge in [0, 0.05) is 24.0 Å². The van der Waals surface area contributed by atoms with E-state index < -0.39 is 0 Å². The SMILES string of the molecule is CCN(c1cccc(O)c1)c1cc(C#N)cc(C)n1. The van der Waals surface area contributed by atoms with Crippen molar-refractivity contribution in [1.82, 2.24) is 4.98 Å². The summed E-state index contributed by atoms with van der Waals surface area (Å²) in [6.07, 6.45) is 0. The molecule has 96 valence electrons. The Bertz CT molecular complexity index is 632. The Balaban J connectivity index is 2.48. The van der Waals surface area contributed by atoms with Crippen LogP contribution in [0.15, 0.2) is 36.4 Å². The first-order chi connectivity index (χ1) is 9.13. The van der Waals surface area contributed by atoms with Crippen LogP contribution in [0.25, 0.3) is 0 Å². The molecule has 1 aromatic carbocycles. The highest BCUT2D eigenvalue weighted by Crippen LogP contribution is 2.27. The monoisotopic (exact) mass is 253 g/mol. The van der Waals surface area contributed by atoms with Gasteiger partial charge >= 0.3 is 0 Å². The predicted octanol–water partition coefficient (Wildman–Crippen LogP) is 3.13. The van der Waals surface area contributed by atoms with Gasteiger partial charge in [-0.2, -0.15) is 5.26 Å². The Morgan fingerprint density at radius 2 is 2.11 bits per heavy atom. The Hall–Kier alpha value is -2.54. The van der Waals surface area contributed by atoms with Gasteiger partial charge in [0.25, 0.3) is 0 Å². The van der Waals surface area contributed by atoms with Crippen LogP contribution < -0.4 is 4.90 Å². The molecule has 0 aliphatic rings. The molecule has 2 rings (SSSR count). The topological polar surface area (TPSA) is 60.1 Å². The van der Waals surface area contributed by atoms with Crippen molar-refractivity contribution in [3.05, 3.63) is 47.7 Å². The van der Waals surface area contributed by atoms with Crippen LogP contribution >= 0.6 is 0 Å². The van der Waals surface area contributed by atoms with Gasteiger partial charge in [0.1, 0.15) is 11.6 Å². The molecular weight excluding hydrogens is 238 g/mol. The number of aromatic hydroxyl groups is 1. The summed E-state index contributed by atoms with van der Waals surface area (Å²) in [6, 6.07) is 12.6. The van der Waals surface area contributed by atoms with E-state index in [-0.39, 0.29) is 5.75 Å². The number of hydrogen-bond donors (Lipinski definition) is 1. The van der Waals surface area contributed by atoms with Gasteiger partial charge in [-0.25, -0.2) is 4.98 Å². The van der Waals surface area contributed by atoms with Gasteiger partial charge < -0.3 is 10.0 Å². The van der Waals surface area contributed by atoms with E-state index in [9.17, 15) is 5.11 Å². The molecule has 0 aliphatic carbocycles. The van der Waals surface area contributed by atoms with Crippen molar-refractivity contribution in [2.24, 2.45) is 0 Å². The number of aromatic nitrogens is 1. The van der Waals surface area contributed by atoms with Crippen molar-refractivity contribution in [3.8, 4) is 11.8 Å². The molecule has 0 saturated heterocycles. The predicted molar refractivity (Wildman–Crippen MR) is 74.5 cm³/mol. The molecule has 0 aliphatic heterocycles. The minimum absolute atomic E-state index is 0.212. The lowest BCUT2D eigenvalue weighted by Gasteiger charge is -2.22.